The molecule has 0 unspecified atom stereocenters. The van der Waals surface area contributed by atoms with Gasteiger partial charge < -0.3 is 30.3 Å². The fourth-order valence-corrected chi connectivity index (χ4v) is 4.90. The molecule has 0 radical (unpaired) electrons. The van der Waals surface area contributed by atoms with Crippen molar-refractivity contribution in [2.75, 3.05) is 19.6 Å². The Hall–Kier alpha value is -3.18. The fourth-order valence-electron chi connectivity index (χ4n) is 4.15. The third kappa shape index (κ3) is 7.67. The summed E-state index contributed by atoms with van der Waals surface area (Å²) in [6, 6.07) is -0.639. The molecule has 0 saturated carbocycles. The molecule has 1 aliphatic heterocycles. The van der Waals surface area contributed by atoms with Crippen molar-refractivity contribution >= 4 is 59.1 Å². The van der Waals surface area contributed by atoms with Crippen molar-refractivity contribution < 1.29 is 33.9 Å². The highest BCUT2D eigenvalue weighted by atomic mass is 35.5. The van der Waals surface area contributed by atoms with Crippen LogP contribution in [-0.2, 0) is 30.4 Å². The zero-order valence-corrected chi connectivity index (χ0v) is 23.1. The number of carboxylic acid groups (broad SMARTS) is 1. The van der Waals surface area contributed by atoms with Crippen LogP contribution in [0.1, 0.15) is 50.0 Å². The van der Waals surface area contributed by atoms with Gasteiger partial charge >= 0.3 is 5.97 Å². The summed E-state index contributed by atoms with van der Waals surface area (Å²) in [6.45, 7) is 6.62. The normalized spacial score (nSPS) is 17.0. The molecule has 1 aromatic carbocycles. The summed E-state index contributed by atoms with van der Waals surface area (Å²) in [6.07, 6.45) is 0.222. The van der Waals surface area contributed by atoms with E-state index in [1.54, 1.807) is 13.8 Å². The zero-order chi connectivity index (χ0) is 28.7. The van der Waals surface area contributed by atoms with Crippen molar-refractivity contribution in [2.24, 2.45) is 5.92 Å². The van der Waals surface area contributed by atoms with E-state index in [4.69, 9.17) is 28.3 Å². The summed E-state index contributed by atoms with van der Waals surface area (Å²) in [7, 11) is 0. The predicted octanol–water partition coefficient (Wildman–Crippen LogP) is 1.53. The summed E-state index contributed by atoms with van der Waals surface area (Å²) in [5.74, 6) is -3.94. The second-order valence-corrected chi connectivity index (χ2v) is 10.1. The van der Waals surface area contributed by atoms with Gasteiger partial charge in [0.1, 0.15) is 18.4 Å². The van der Waals surface area contributed by atoms with Gasteiger partial charge in [-0.3, -0.25) is 24.0 Å². The van der Waals surface area contributed by atoms with Crippen LogP contribution in [0.4, 0.5) is 0 Å². The first-order valence-electron chi connectivity index (χ1n) is 12.1. The van der Waals surface area contributed by atoms with Crippen molar-refractivity contribution in [3.05, 3.63) is 33.3 Å². The number of aliphatic carboxylic acids is 1. The van der Waals surface area contributed by atoms with E-state index < -0.39 is 54.2 Å². The number of carbonyl (C=O) groups is 6. The van der Waals surface area contributed by atoms with E-state index in [0.717, 1.165) is 0 Å². The SMILES string of the molecule is CCc1c(Cl)cc(C(=O)N[C@H](C(=O)N2CCN(C(C)=O)C[C@H]2C(=O)N[C@H](C=O)CC(=O)O)C(C)C)cc1Cl. The molecule has 38 heavy (non-hydrogen) atoms. The maximum atomic E-state index is 13.7. The molecule has 208 valence electrons. The van der Waals surface area contributed by atoms with Gasteiger partial charge in [0.2, 0.25) is 17.7 Å². The molecule has 3 N–H and O–H groups in total. The van der Waals surface area contributed by atoms with Gasteiger partial charge in [-0.2, -0.15) is 0 Å². The topological polar surface area (TPSA) is 153 Å². The van der Waals surface area contributed by atoms with Crippen molar-refractivity contribution in [3.63, 3.8) is 0 Å². The molecule has 1 heterocycles. The van der Waals surface area contributed by atoms with Gasteiger partial charge in [0.05, 0.1) is 19.0 Å². The Labute approximate surface area is 230 Å². The van der Waals surface area contributed by atoms with Gasteiger partial charge in [-0.25, -0.2) is 0 Å². The number of rotatable bonds is 10. The predicted molar refractivity (Wildman–Crippen MR) is 140 cm³/mol. The van der Waals surface area contributed by atoms with Crippen LogP contribution >= 0.6 is 23.2 Å². The molecular weight excluding hydrogens is 539 g/mol. The van der Waals surface area contributed by atoms with Crippen LogP contribution in [0.3, 0.4) is 0 Å². The third-order valence-corrected chi connectivity index (χ3v) is 6.95. The third-order valence-electron chi connectivity index (χ3n) is 6.27. The zero-order valence-electron chi connectivity index (χ0n) is 21.6. The summed E-state index contributed by atoms with van der Waals surface area (Å²) in [4.78, 5) is 76.8. The summed E-state index contributed by atoms with van der Waals surface area (Å²) in [5.41, 5.74) is 0.851. The first kappa shape index (κ1) is 31.0. The number of nitrogens with zero attached hydrogens (tertiary/aromatic N) is 2. The highest BCUT2D eigenvalue weighted by Gasteiger charge is 2.40. The number of carbonyl (C=O) groups excluding carboxylic acids is 5. The molecule has 1 aromatic rings. The Bertz CT molecular complexity index is 1090. The van der Waals surface area contributed by atoms with E-state index in [1.165, 1.54) is 28.9 Å². The van der Waals surface area contributed by atoms with Crippen LogP contribution < -0.4 is 10.6 Å². The standard InChI is InChI=1S/C25H32Cl2N4O7/c1-5-17-18(26)8-15(9-19(17)27)23(36)29-22(13(2)3)25(38)31-7-6-30(14(4)33)11-20(31)24(37)28-16(12-32)10-21(34)35/h8-9,12-13,16,20,22H,5-7,10-11H2,1-4H3,(H,28,37)(H,29,36)(H,34,35)/t16-,20-,22-/m0/s1. The van der Waals surface area contributed by atoms with Crippen LogP contribution in [0.5, 0.6) is 0 Å². The second-order valence-electron chi connectivity index (χ2n) is 9.33. The van der Waals surface area contributed by atoms with Gasteiger partial charge in [-0.05, 0) is 30.0 Å². The molecule has 3 atom stereocenters. The van der Waals surface area contributed by atoms with Crippen molar-refractivity contribution in [1.29, 1.82) is 0 Å². The Kier molecular flexibility index (Phi) is 11.1. The van der Waals surface area contributed by atoms with E-state index in [2.05, 4.69) is 10.6 Å². The van der Waals surface area contributed by atoms with Gasteiger partial charge in [0.15, 0.2) is 0 Å². The monoisotopic (exact) mass is 570 g/mol. The molecule has 1 aliphatic rings. The molecule has 0 spiro atoms. The van der Waals surface area contributed by atoms with Gasteiger partial charge in [-0.1, -0.05) is 44.0 Å². The summed E-state index contributed by atoms with van der Waals surface area (Å²) >= 11 is 12.5. The van der Waals surface area contributed by atoms with E-state index in [0.29, 0.717) is 28.3 Å². The lowest BCUT2D eigenvalue weighted by molar-refractivity contribution is -0.150. The van der Waals surface area contributed by atoms with Crippen molar-refractivity contribution in [3.8, 4) is 0 Å². The smallest absolute Gasteiger partial charge is 0.305 e. The maximum Gasteiger partial charge on any atom is 0.305 e. The molecule has 4 amide bonds. The van der Waals surface area contributed by atoms with Crippen LogP contribution in [-0.4, -0.2) is 88.6 Å². The molecule has 0 aromatic heterocycles. The lowest BCUT2D eigenvalue weighted by atomic mass is 9.99. The Morgan fingerprint density at radius 1 is 1.11 bits per heavy atom. The molecule has 0 aliphatic carbocycles. The van der Waals surface area contributed by atoms with Crippen LogP contribution in [0, 0.1) is 5.92 Å². The number of piperazine rings is 1. The Morgan fingerprint density at radius 2 is 1.71 bits per heavy atom. The minimum Gasteiger partial charge on any atom is -0.481 e. The second kappa shape index (κ2) is 13.6. The van der Waals surface area contributed by atoms with Crippen molar-refractivity contribution in [1.82, 2.24) is 20.4 Å². The quantitative estimate of drug-likeness (QED) is 0.360. The first-order valence-corrected chi connectivity index (χ1v) is 12.9. The van der Waals surface area contributed by atoms with Crippen LogP contribution in [0.25, 0.3) is 0 Å². The number of hydrogen-bond donors (Lipinski definition) is 3. The number of halogens is 2. The minimum absolute atomic E-state index is 0.0108. The summed E-state index contributed by atoms with van der Waals surface area (Å²) < 4.78 is 0. The fraction of sp³-hybridized carbons (Fsp3) is 0.520. The molecule has 2 rings (SSSR count). The molecule has 1 saturated heterocycles. The lowest BCUT2D eigenvalue weighted by Gasteiger charge is -2.42. The molecule has 1 fully saturated rings. The van der Waals surface area contributed by atoms with Crippen LogP contribution in [0.2, 0.25) is 10.0 Å². The highest BCUT2D eigenvalue weighted by Crippen LogP contribution is 2.27. The number of benzene rings is 1. The highest BCUT2D eigenvalue weighted by molar-refractivity contribution is 6.36. The van der Waals surface area contributed by atoms with Gasteiger partial charge in [0, 0.05) is 35.6 Å². The van der Waals surface area contributed by atoms with E-state index in [1.807, 2.05) is 6.92 Å². The number of carboxylic acids is 1. The lowest BCUT2D eigenvalue weighted by Crippen LogP contribution is -2.65. The number of hydrogen-bond acceptors (Lipinski definition) is 6. The first-order chi connectivity index (χ1) is 17.8. The average molecular weight is 571 g/mol. The molecule has 0 bridgehead atoms. The number of amides is 4. The largest absolute Gasteiger partial charge is 0.481 e. The minimum atomic E-state index is -1.31. The van der Waals surface area contributed by atoms with Gasteiger partial charge in [0.25, 0.3) is 5.91 Å². The molecule has 11 nitrogen and oxygen atoms in total. The van der Waals surface area contributed by atoms with E-state index in [-0.39, 0.29) is 31.1 Å². The Morgan fingerprint density at radius 3 is 2.18 bits per heavy atom. The summed E-state index contributed by atoms with van der Waals surface area (Å²) in [5, 5.41) is 14.7. The number of aldehydes is 1. The molecule has 13 heteroatoms. The van der Waals surface area contributed by atoms with Gasteiger partial charge in [-0.15, -0.1) is 0 Å². The van der Waals surface area contributed by atoms with Crippen LogP contribution in [0.15, 0.2) is 12.1 Å². The average Bonchev–Trinajstić information content (AvgIpc) is 2.85. The Balaban J connectivity index is 2.32. The van der Waals surface area contributed by atoms with E-state index >= 15 is 0 Å². The molecular formula is C25H32Cl2N4O7. The van der Waals surface area contributed by atoms with E-state index in [9.17, 15) is 28.8 Å². The number of nitrogens with one attached hydrogen (secondary N) is 2. The maximum absolute atomic E-state index is 13.7. The van der Waals surface area contributed by atoms with Crippen molar-refractivity contribution in [2.45, 2.75) is 58.7 Å².